The maximum Gasteiger partial charge on any atom is 0.0779 e. The number of hydrogen-bond donors (Lipinski definition) is 1. The summed E-state index contributed by atoms with van der Waals surface area (Å²) in [5.41, 5.74) is 6.79. The largest absolute Gasteiger partial charge is 0.374 e. The van der Waals surface area contributed by atoms with Crippen molar-refractivity contribution in [2.75, 3.05) is 6.61 Å². The second kappa shape index (κ2) is 6.05. The summed E-state index contributed by atoms with van der Waals surface area (Å²) >= 11 is 12.0. The van der Waals surface area contributed by atoms with Crippen molar-refractivity contribution in [2.24, 2.45) is 5.73 Å². The Kier molecular flexibility index (Phi) is 5.26. The van der Waals surface area contributed by atoms with Crippen LogP contribution in [-0.2, 0) is 11.2 Å². The van der Waals surface area contributed by atoms with Crippen molar-refractivity contribution in [3.8, 4) is 0 Å². The second-order valence-electron chi connectivity index (χ2n) is 4.58. The van der Waals surface area contributed by atoms with E-state index in [-0.39, 0.29) is 11.6 Å². The molecule has 0 bridgehead atoms. The van der Waals surface area contributed by atoms with Gasteiger partial charge < -0.3 is 10.5 Å². The third kappa shape index (κ3) is 4.14. The van der Waals surface area contributed by atoms with Crippen LogP contribution in [0.1, 0.15) is 26.3 Å². The van der Waals surface area contributed by atoms with E-state index in [1.807, 2.05) is 32.9 Å². The van der Waals surface area contributed by atoms with Crippen molar-refractivity contribution in [1.82, 2.24) is 0 Å². The van der Waals surface area contributed by atoms with Crippen molar-refractivity contribution in [1.29, 1.82) is 0 Å². The Morgan fingerprint density at radius 1 is 1.35 bits per heavy atom. The van der Waals surface area contributed by atoms with Crippen molar-refractivity contribution in [3.05, 3.63) is 33.8 Å². The van der Waals surface area contributed by atoms with Gasteiger partial charge in [-0.3, -0.25) is 0 Å². The van der Waals surface area contributed by atoms with E-state index >= 15 is 0 Å². The second-order valence-corrected chi connectivity index (χ2v) is 5.43. The molecule has 0 amide bonds. The van der Waals surface area contributed by atoms with Gasteiger partial charge in [0, 0.05) is 22.7 Å². The first kappa shape index (κ1) is 14.8. The Labute approximate surface area is 113 Å². The van der Waals surface area contributed by atoms with Crippen LogP contribution in [0.4, 0.5) is 0 Å². The summed E-state index contributed by atoms with van der Waals surface area (Å²) in [6.07, 6.45) is 0.670. The molecular weight excluding hydrogens is 257 g/mol. The summed E-state index contributed by atoms with van der Waals surface area (Å²) in [5, 5.41) is 1.29. The molecule has 96 valence electrons. The smallest absolute Gasteiger partial charge is 0.0779 e. The first-order valence-electron chi connectivity index (χ1n) is 5.70. The highest BCUT2D eigenvalue weighted by atomic mass is 35.5. The minimum atomic E-state index is -0.363. The number of rotatable bonds is 5. The molecule has 1 aromatic rings. The molecule has 0 aromatic heterocycles. The Bertz CT molecular complexity index is 380. The van der Waals surface area contributed by atoms with Crippen LogP contribution in [0.5, 0.6) is 0 Å². The molecule has 0 fully saturated rings. The molecule has 0 saturated heterocycles. The molecule has 4 heteroatoms. The fourth-order valence-corrected chi connectivity index (χ4v) is 2.13. The quantitative estimate of drug-likeness (QED) is 0.890. The molecule has 1 aromatic carbocycles. The zero-order chi connectivity index (χ0) is 13.1. The zero-order valence-electron chi connectivity index (χ0n) is 10.5. The van der Waals surface area contributed by atoms with Gasteiger partial charge in [-0.1, -0.05) is 29.3 Å². The van der Waals surface area contributed by atoms with Crippen LogP contribution in [-0.4, -0.2) is 18.2 Å². The highest BCUT2D eigenvalue weighted by Crippen LogP contribution is 2.24. The topological polar surface area (TPSA) is 35.2 Å². The van der Waals surface area contributed by atoms with E-state index in [1.54, 1.807) is 6.07 Å². The van der Waals surface area contributed by atoms with E-state index in [4.69, 9.17) is 33.7 Å². The average Bonchev–Trinajstić information content (AvgIpc) is 2.22. The summed E-state index contributed by atoms with van der Waals surface area (Å²) in [7, 11) is 0. The molecule has 0 heterocycles. The summed E-state index contributed by atoms with van der Waals surface area (Å²) in [6, 6.07) is 5.36. The minimum Gasteiger partial charge on any atom is -0.374 e. The van der Waals surface area contributed by atoms with Crippen LogP contribution in [0.15, 0.2) is 18.2 Å². The lowest BCUT2D eigenvalue weighted by Crippen LogP contribution is -2.46. The normalized spacial score (nSPS) is 13.8. The van der Waals surface area contributed by atoms with E-state index in [0.717, 1.165) is 5.56 Å². The van der Waals surface area contributed by atoms with Crippen LogP contribution in [0.3, 0.4) is 0 Å². The molecule has 17 heavy (non-hydrogen) atoms. The molecule has 0 radical (unpaired) electrons. The molecule has 1 unspecified atom stereocenters. The van der Waals surface area contributed by atoms with E-state index in [2.05, 4.69) is 0 Å². The molecule has 0 aliphatic rings. The monoisotopic (exact) mass is 275 g/mol. The first-order chi connectivity index (χ1) is 7.86. The molecule has 2 N–H and O–H groups in total. The number of benzene rings is 1. The van der Waals surface area contributed by atoms with E-state index in [0.29, 0.717) is 23.1 Å². The zero-order valence-corrected chi connectivity index (χ0v) is 12.0. The van der Waals surface area contributed by atoms with Gasteiger partial charge in [0.25, 0.3) is 0 Å². The SMILES string of the molecule is CCOC(C)(C)C(N)Cc1ccc(Cl)cc1Cl. The lowest BCUT2D eigenvalue weighted by Gasteiger charge is -2.31. The third-order valence-corrected chi connectivity index (χ3v) is 3.45. The van der Waals surface area contributed by atoms with Gasteiger partial charge >= 0.3 is 0 Å². The maximum atomic E-state index is 6.16. The summed E-state index contributed by atoms with van der Waals surface area (Å²) < 4.78 is 5.63. The maximum absolute atomic E-state index is 6.16. The number of halogens is 2. The Morgan fingerprint density at radius 2 is 2.00 bits per heavy atom. The van der Waals surface area contributed by atoms with Crippen molar-refractivity contribution < 1.29 is 4.74 Å². The van der Waals surface area contributed by atoms with Gasteiger partial charge in [0.1, 0.15) is 0 Å². The van der Waals surface area contributed by atoms with Gasteiger partial charge in [0.05, 0.1) is 5.60 Å². The van der Waals surface area contributed by atoms with E-state index < -0.39 is 0 Å². The van der Waals surface area contributed by atoms with Gasteiger partial charge in [-0.2, -0.15) is 0 Å². The molecule has 1 rings (SSSR count). The summed E-state index contributed by atoms with van der Waals surface area (Å²) in [4.78, 5) is 0. The predicted molar refractivity (Wildman–Crippen MR) is 73.8 cm³/mol. The molecular formula is C13H19Cl2NO. The lowest BCUT2D eigenvalue weighted by molar-refractivity contribution is -0.0288. The van der Waals surface area contributed by atoms with Crippen LogP contribution in [0, 0.1) is 0 Å². The lowest BCUT2D eigenvalue weighted by atomic mass is 9.93. The first-order valence-corrected chi connectivity index (χ1v) is 6.46. The summed E-state index contributed by atoms with van der Waals surface area (Å²) in [5.74, 6) is 0. The van der Waals surface area contributed by atoms with Crippen molar-refractivity contribution in [2.45, 2.75) is 38.8 Å². The molecule has 0 saturated carbocycles. The van der Waals surface area contributed by atoms with Crippen molar-refractivity contribution in [3.63, 3.8) is 0 Å². The summed E-state index contributed by atoms with van der Waals surface area (Å²) in [6.45, 7) is 6.59. The fraction of sp³-hybridized carbons (Fsp3) is 0.538. The van der Waals surface area contributed by atoms with E-state index in [1.165, 1.54) is 0 Å². The van der Waals surface area contributed by atoms with Gasteiger partial charge in [-0.05, 0) is 44.9 Å². The highest BCUT2D eigenvalue weighted by Gasteiger charge is 2.27. The molecule has 0 aliphatic heterocycles. The van der Waals surface area contributed by atoms with E-state index in [9.17, 15) is 0 Å². The Balaban J connectivity index is 2.77. The van der Waals surface area contributed by atoms with Crippen LogP contribution in [0.2, 0.25) is 10.0 Å². The standard InChI is InChI=1S/C13H19Cl2NO/c1-4-17-13(2,3)12(16)7-9-5-6-10(14)8-11(9)15/h5-6,8,12H,4,7,16H2,1-3H3. The molecule has 0 aliphatic carbocycles. The Morgan fingerprint density at radius 3 is 2.53 bits per heavy atom. The highest BCUT2D eigenvalue weighted by molar-refractivity contribution is 6.35. The van der Waals surface area contributed by atoms with Gasteiger partial charge in [0.15, 0.2) is 0 Å². The van der Waals surface area contributed by atoms with Gasteiger partial charge in [-0.15, -0.1) is 0 Å². The van der Waals surface area contributed by atoms with Gasteiger partial charge in [-0.25, -0.2) is 0 Å². The number of ether oxygens (including phenoxy) is 1. The van der Waals surface area contributed by atoms with Gasteiger partial charge in [0.2, 0.25) is 0 Å². The predicted octanol–water partition coefficient (Wildman–Crippen LogP) is 3.68. The molecule has 2 nitrogen and oxygen atoms in total. The molecule has 1 atom stereocenters. The number of hydrogen-bond acceptors (Lipinski definition) is 2. The van der Waals surface area contributed by atoms with Crippen LogP contribution >= 0.6 is 23.2 Å². The third-order valence-electron chi connectivity index (χ3n) is 2.86. The molecule has 0 spiro atoms. The van der Waals surface area contributed by atoms with Crippen LogP contribution in [0.25, 0.3) is 0 Å². The minimum absolute atomic E-state index is 0.110. The Hall–Kier alpha value is -0.280. The number of nitrogens with two attached hydrogens (primary N) is 1. The fourth-order valence-electron chi connectivity index (χ4n) is 1.65. The average molecular weight is 276 g/mol. The van der Waals surface area contributed by atoms with Crippen LogP contribution < -0.4 is 5.73 Å². The van der Waals surface area contributed by atoms with Crippen molar-refractivity contribution >= 4 is 23.2 Å².